The molecule has 2 aromatic carbocycles. The minimum atomic E-state index is -0.191. The third-order valence-corrected chi connectivity index (χ3v) is 3.74. The average molecular weight is 336 g/mol. The van der Waals surface area contributed by atoms with E-state index in [2.05, 4.69) is 24.5 Å². The topological polar surface area (TPSA) is 58.2 Å². The molecule has 2 rings (SSSR count). The van der Waals surface area contributed by atoms with Crippen molar-refractivity contribution in [1.82, 2.24) is 0 Å². The Kier molecular flexibility index (Phi) is 6.12. The first-order valence-electron chi connectivity index (χ1n) is 8.32. The Morgan fingerprint density at radius 3 is 2.12 bits per heavy atom. The van der Waals surface area contributed by atoms with Crippen molar-refractivity contribution in [3.8, 4) is 0 Å². The standard InChI is InChI=1S/C21H24N2O2/c1-14(2)20(17-10-8-15(3)9-11-17)13-21(25)23-19-7-5-6-18(12-19)22-16(4)24/h5-14H,1-4H3,(H,22,24)(H,23,25)/b20-13+. The summed E-state index contributed by atoms with van der Waals surface area (Å²) in [7, 11) is 0. The molecule has 0 saturated heterocycles. The van der Waals surface area contributed by atoms with Gasteiger partial charge >= 0.3 is 0 Å². The number of amides is 2. The molecule has 0 saturated carbocycles. The molecule has 4 nitrogen and oxygen atoms in total. The summed E-state index contributed by atoms with van der Waals surface area (Å²) in [6, 6.07) is 15.2. The van der Waals surface area contributed by atoms with Crippen molar-refractivity contribution in [1.29, 1.82) is 0 Å². The third kappa shape index (κ3) is 5.60. The molecular weight excluding hydrogens is 312 g/mol. The molecule has 130 valence electrons. The SMILES string of the molecule is CC(=O)Nc1cccc(NC(=O)/C=C(/c2ccc(C)cc2)C(C)C)c1. The van der Waals surface area contributed by atoms with Crippen molar-refractivity contribution in [3.63, 3.8) is 0 Å². The van der Waals surface area contributed by atoms with Crippen molar-refractivity contribution in [2.75, 3.05) is 10.6 Å². The Morgan fingerprint density at radius 2 is 1.56 bits per heavy atom. The summed E-state index contributed by atoms with van der Waals surface area (Å²) in [6.45, 7) is 7.62. The van der Waals surface area contributed by atoms with E-state index in [-0.39, 0.29) is 17.7 Å². The number of anilines is 2. The van der Waals surface area contributed by atoms with Crippen molar-refractivity contribution < 1.29 is 9.59 Å². The van der Waals surface area contributed by atoms with Crippen LogP contribution in [0.3, 0.4) is 0 Å². The van der Waals surface area contributed by atoms with Crippen molar-refractivity contribution in [3.05, 3.63) is 65.7 Å². The summed E-state index contributed by atoms with van der Waals surface area (Å²) in [5.74, 6) is -0.117. The molecule has 0 fully saturated rings. The Balaban J connectivity index is 2.19. The first-order valence-corrected chi connectivity index (χ1v) is 8.32. The third-order valence-electron chi connectivity index (χ3n) is 3.74. The smallest absolute Gasteiger partial charge is 0.248 e. The van der Waals surface area contributed by atoms with Crippen molar-refractivity contribution in [2.24, 2.45) is 5.92 Å². The van der Waals surface area contributed by atoms with Gasteiger partial charge in [0, 0.05) is 24.4 Å². The molecule has 2 N–H and O–H groups in total. The molecule has 0 bridgehead atoms. The van der Waals surface area contributed by atoms with Crippen LogP contribution in [-0.2, 0) is 9.59 Å². The van der Waals surface area contributed by atoms with Crippen LogP contribution in [-0.4, -0.2) is 11.8 Å². The molecule has 25 heavy (non-hydrogen) atoms. The maximum atomic E-state index is 12.4. The summed E-state index contributed by atoms with van der Waals surface area (Å²) in [6.07, 6.45) is 1.64. The second kappa shape index (κ2) is 8.29. The number of hydrogen-bond donors (Lipinski definition) is 2. The number of carbonyl (C=O) groups is 2. The van der Waals surface area contributed by atoms with Gasteiger partial charge in [0.05, 0.1) is 0 Å². The highest BCUT2D eigenvalue weighted by molar-refractivity contribution is 6.04. The number of aryl methyl sites for hydroxylation is 1. The number of allylic oxidation sites excluding steroid dienone is 1. The summed E-state index contributed by atoms with van der Waals surface area (Å²) in [4.78, 5) is 23.6. The first kappa shape index (κ1) is 18.5. The molecule has 0 aliphatic rings. The van der Waals surface area contributed by atoms with Gasteiger partial charge in [0.25, 0.3) is 0 Å². The van der Waals surface area contributed by atoms with Crippen LogP contribution < -0.4 is 10.6 Å². The molecule has 2 aromatic rings. The number of benzene rings is 2. The van der Waals surface area contributed by atoms with E-state index in [9.17, 15) is 9.59 Å². The Hall–Kier alpha value is -2.88. The second-order valence-electron chi connectivity index (χ2n) is 6.37. The molecular formula is C21H24N2O2. The van der Waals surface area contributed by atoms with E-state index in [4.69, 9.17) is 0 Å². The van der Waals surface area contributed by atoms with Gasteiger partial charge < -0.3 is 10.6 Å². The van der Waals surface area contributed by atoms with Gasteiger partial charge in [0.2, 0.25) is 11.8 Å². The quantitative estimate of drug-likeness (QED) is 0.782. The van der Waals surface area contributed by atoms with Gasteiger partial charge in [0.1, 0.15) is 0 Å². The van der Waals surface area contributed by atoms with Gasteiger partial charge in [-0.15, -0.1) is 0 Å². The summed E-state index contributed by atoms with van der Waals surface area (Å²) in [5, 5.41) is 5.56. The molecule has 0 aromatic heterocycles. The molecule has 0 spiro atoms. The van der Waals surface area contributed by atoms with E-state index < -0.39 is 0 Å². The summed E-state index contributed by atoms with van der Waals surface area (Å²) >= 11 is 0. The molecule has 2 amide bonds. The van der Waals surface area contributed by atoms with E-state index in [1.165, 1.54) is 12.5 Å². The van der Waals surface area contributed by atoms with Gasteiger partial charge in [0.15, 0.2) is 0 Å². The van der Waals surface area contributed by atoms with E-state index in [1.54, 1.807) is 30.3 Å². The first-order chi connectivity index (χ1) is 11.8. The predicted molar refractivity (Wildman–Crippen MR) is 103 cm³/mol. The van der Waals surface area contributed by atoms with Gasteiger partial charge in [-0.1, -0.05) is 49.7 Å². The Morgan fingerprint density at radius 1 is 0.960 bits per heavy atom. The number of hydrogen-bond acceptors (Lipinski definition) is 2. The van der Waals surface area contributed by atoms with Crippen LogP contribution in [0.5, 0.6) is 0 Å². The van der Waals surface area contributed by atoms with E-state index in [0.717, 1.165) is 11.1 Å². The fourth-order valence-electron chi connectivity index (χ4n) is 2.53. The van der Waals surface area contributed by atoms with Crippen LogP contribution in [0, 0.1) is 12.8 Å². The molecule has 4 heteroatoms. The van der Waals surface area contributed by atoms with Gasteiger partial charge in [-0.05, 0) is 42.2 Å². The van der Waals surface area contributed by atoms with Crippen LogP contribution >= 0.6 is 0 Å². The lowest BCUT2D eigenvalue weighted by atomic mass is 9.94. The summed E-state index contributed by atoms with van der Waals surface area (Å²) in [5.41, 5.74) is 4.50. The van der Waals surface area contributed by atoms with Crippen LogP contribution in [0.4, 0.5) is 11.4 Å². The van der Waals surface area contributed by atoms with Gasteiger partial charge in [-0.3, -0.25) is 9.59 Å². The average Bonchev–Trinajstić information content (AvgIpc) is 2.53. The predicted octanol–water partition coefficient (Wildman–Crippen LogP) is 4.63. The highest BCUT2D eigenvalue weighted by Crippen LogP contribution is 2.24. The lowest BCUT2D eigenvalue weighted by Gasteiger charge is -2.13. The zero-order valence-corrected chi connectivity index (χ0v) is 15.1. The van der Waals surface area contributed by atoms with Crippen molar-refractivity contribution in [2.45, 2.75) is 27.7 Å². The number of carbonyl (C=O) groups excluding carboxylic acids is 2. The maximum absolute atomic E-state index is 12.4. The summed E-state index contributed by atoms with van der Waals surface area (Å²) < 4.78 is 0. The normalized spacial score (nSPS) is 11.3. The maximum Gasteiger partial charge on any atom is 0.248 e. The van der Waals surface area contributed by atoms with Crippen LogP contribution in [0.1, 0.15) is 31.9 Å². The van der Waals surface area contributed by atoms with E-state index in [1.807, 2.05) is 31.2 Å². The zero-order valence-electron chi connectivity index (χ0n) is 15.1. The van der Waals surface area contributed by atoms with Gasteiger partial charge in [-0.2, -0.15) is 0 Å². The fourth-order valence-corrected chi connectivity index (χ4v) is 2.53. The monoisotopic (exact) mass is 336 g/mol. The van der Waals surface area contributed by atoms with Crippen LogP contribution in [0.15, 0.2) is 54.6 Å². The van der Waals surface area contributed by atoms with Crippen molar-refractivity contribution >= 4 is 28.8 Å². The fraction of sp³-hybridized carbons (Fsp3) is 0.238. The molecule has 0 aliphatic carbocycles. The van der Waals surface area contributed by atoms with E-state index >= 15 is 0 Å². The largest absolute Gasteiger partial charge is 0.326 e. The molecule has 0 atom stereocenters. The van der Waals surface area contributed by atoms with Crippen LogP contribution in [0.25, 0.3) is 5.57 Å². The second-order valence-corrected chi connectivity index (χ2v) is 6.37. The molecule has 0 heterocycles. The lowest BCUT2D eigenvalue weighted by molar-refractivity contribution is -0.114. The molecule has 0 unspecified atom stereocenters. The lowest BCUT2D eigenvalue weighted by Crippen LogP contribution is -2.11. The Bertz CT molecular complexity index is 790. The van der Waals surface area contributed by atoms with E-state index in [0.29, 0.717) is 11.4 Å². The molecule has 0 aliphatic heterocycles. The highest BCUT2D eigenvalue weighted by atomic mass is 16.2. The highest BCUT2D eigenvalue weighted by Gasteiger charge is 2.10. The van der Waals surface area contributed by atoms with Gasteiger partial charge in [-0.25, -0.2) is 0 Å². The number of nitrogens with one attached hydrogen (secondary N) is 2. The number of rotatable bonds is 5. The molecule has 0 radical (unpaired) electrons. The minimum Gasteiger partial charge on any atom is -0.326 e. The Labute approximate surface area is 149 Å². The van der Waals surface area contributed by atoms with Crippen LogP contribution in [0.2, 0.25) is 0 Å². The zero-order chi connectivity index (χ0) is 18.4. The minimum absolute atomic E-state index is 0.148.